The molecule has 350 valence electrons. The van der Waals surface area contributed by atoms with Gasteiger partial charge in [0.05, 0.1) is 6.57 Å². The lowest BCUT2D eigenvalue weighted by atomic mass is 9.76. The molecule has 0 radical (unpaired) electrons. The van der Waals surface area contributed by atoms with E-state index in [4.69, 9.17) is 4.85 Å². The zero-order valence-electron chi connectivity index (χ0n) is 40.8. The second-order valence-electron chi connectivity index (χ2n) is 19.3. The first-order valence-corrected chi connectivity index (χ1v) is 25.5. The Balaban J connectivity index is 1.26. The largest absolute Gasteiger partial charge is 0.345 e. The van der Waals surface area contributed by atoms with Crippen molar-refractivity contribution in [2.45, 2.75) is 22.2 Å². The molecular weight excluding hydrogens is 895 g/mol. The molecule has 2 aliphatic rings. The van der Waals surface area contributed by atoms with Gasteiger partial charge in [0.1, 0.15) is 22.2 Å². The van der Waals surface area contributed by atoms with Gasteiger partial charge in [-0.05, 0) is 78.9 Å². The molecule has 0 aromatic heterocycles. The summed E-state index contributed by atoms with van der Waals surface area (Å²) in [6.45, 7) is 10.0. The molecule has 0 amide bonds. The van der Waals surface area contributed by atoms with E-state index in [0.29, 0.717) is 5.69 Å². The quantitative estimate of drug-likeness (QED) is 0.127. The molecule has 13 rings (SSSR count). The number of rotatable bonds is 10. The number of nitrogens with zero attached hydrogens (tertiary/aromatic N) is 3. The van der Waals surface area contributed by atoms with Crippen molar-refractivity contribution in [1.82, 2.24) is 0 Å². The molecule has 0 N–H and O–H groups in total. The first-order chi connectivity index (χ1) is 36.7. The topological polar surface area (TPSA) is 10.8 Å². The standard InChI is InChI=1S/C71H51N3/c1-72-67-65(73-68(53-31-10-2-11-32-53,54-33-12-3-13-34-54)61-47-26-27-48-62(61)69(73,55-35-14-4-15-36-55)56-37-16-5-17-38-56)51-30-52-66(67)74-70(57-39-18-6-19-40-57,58-41-20-7-21-42-58)63-49-28-29-50-64(63)71(74,59-43-22-8-23-44-59)60-45-24-9-25-46-60/h2-52H. The summed E-state index contributed by atoms with van der Waals surface area (Å²) in [7, 11) is 0. The fourth-order valence-electron chi connectivity index (χ4n) is 13.3. The van der Waals surface area contributed by atoms with E-state index >= 15 is 0 Å². The van der Waals surface area contributed by atoms with Crippen LogP contribution in [0.4, 0.5) is 17.1 Å². The van der Waals surface area contributed by atoms with Gasteiger partial charge >= 0.3 is 0 Å². The highest BCUT2D eigenvalue weighted by molar-refractivity contribution is 5.94. The fraction of sp³-hybridized carbons (Fsp3) is 0.0563. The number of fused-ring (bicyclic) bond motifs is 2. The molecule has 0 spiro atoms. The van der Waals surface area contributed by atoms with Gasteiger partial charge in [0, 0.05) is 11.4 Å². The molecule has 0 atom stereocenters. The van der Waals surface area contributed by atoms with E-state index in [-0.39, 0.29) is 0 Å². The Hall–Kier alpha value is -9.49. The van der Waals surface area contributed by atoms with Crippen molar-refractivity contribution in [3.63, 3.8) is 0 Å². The van der Waals surface area contributed by atoms with Crippen LogP contribution >= 0.6 is 0 Å². The van der Waals surface area contributed by atoms with Crippen molar-refractivity contribution in [2.24, 2.45) is 0 Å². The maximum Gasteiger partial charge on any atom is 0.232 e. The van der Waals surface area contributed by atoms with Crippen LogP contribution in [0.15, 0.2) is 309 Å². The maximum absolute atomic E-state index is 10.0. The highest BCUT2D eigenvalue weighted by Crippen LogP contribution is 2.68. The smallest absolute Gasteiger partial charge is 0.232 e. The first kappa shape index (κ1) is 44.5. The average Bonchev–Trinajstić information content (AvgIpc) is 3.94. The lowest BCUT2D eigenvalue weighted by Crippen LogP contribution is -2.55. The van der Waals surface area contributed by atoms with Crippen molar-refractivity contribution in [1.29, 1.82) is 0 Å². The second kappa shape index (κ2) is 18.0. The monoisotopic (exact) mass is 945 g/mol. The van der Waals surface area contributed by atoms with E-state index in [1.54, 1.807) is 0 Å². The van der Waals surface area contributed by atoms with E-state index in [0.717, 1.165) is 78.1 Å². The Morgan fingerprint density at radius 1 is 0.216 bits per heavy atom. The molecule has 0 unspecified atom stereocenters. The fourth-order valence-corrected chi connectivity index (χ4v) is 13.3. The van der Waals surface area contributed by atoms with Crippen molar-refractivity contribution >= 4 is 17.1 Å². The predicted octanol–water partition coefficient (Wildman–Crippen LogP) is 16.4. The highest BCUT2D eigenvalue weighted by Gasteiger charge is 2.64. The third-order valence-corrected chi connectivity index (χ3v) is 15.9. The van der Waals surface area contributed by atoms with Crippen LogP contribution in [0.3, 0.4) is 0 Å². The molecule has 0 saturated heterocycles. The minimum Gasteiger partial charge on any atom is -0.345 e. The molecule has 0 saturated carbocycles. The van der Waals surface area contributed by atoms with Crippen LogP contribution in [-0.2, 0) is 22.2 Å². The summed E-state index contributed by atoms with van der Waals surface area (Å²) in [6, 6.07) is 112. The predicted molar refractivity (Wildman–Crippen MR) is 302 cm³/mol. The summed E-state index contributed by atoms with van der Waals surface area (Å²) in [6.07, 6.45) is 0. The van der Waals surface area contributed by atoms with Crippen molar-refractivity contribution in [2.75, 3.05) is 9.80 Å². The zero-order chi connectivity index (χ0) is 49.6. The van der Waals surface area contributed by atoms with Crippen LogP contribution in [0.25, 0.3) is 4.85 Å². The van der Waals surface area contributed by atoms with Crippen LogP contribution < -0.4 is 9.80 Å². The Bertz CT molecular complexity index is 3160. The van der Waals surface area contributed by atoms with E-state index < -0.39 is 22.2 Å². The summed E-state index contributed by atoms with van der Waals surface area (Å²) < 4.78 is 0. The van der Waals surface area contributed by atoms with Crippen LogP contribution in [0.1, 0.15) is 66.8 Å². The molecule has 74 heavy (non-hydrogen) atoms. The Labute approximate surface area is 434 Å². The van der Waals surface area contributed by atoms with Gasteiger partial charge in [-0.1, -0.05) is 297 Å². The van der Waals surface area contributed by atoms with Gasteiger partial charge in [-0.15, -0.1) is 0 Å². The van der Waals surface area contributed by atoms with Gasteiger partial charge < -0.3 is 9.80 Å². The Morgan fingerprint density at radius 2 is 0.392 bits per heavy atom. The molecular formula is C71H51N3. The lowest BCUT2D eigenvalue weighted by Gasteiger charge is -2.53. The lowest BCUT2D eigenvalue weighted by molar-refractivity contribution is 0.491. The van der Waals surface area contributed by atoms with E-state index in [1.165, 1.54) is 0 Å². The molecule has 11 aromatic rings. The van der Waals surface area contributed by atoms with Gasteiger partial charge in [0.25, 0.3) is 0 Å². The molecule has 0 bridgehead atoms. The number of benzene rings is 11. The molecule has 11 aromatic carbocycles. The van der Waals surface area contributed by atoms with Crippen LogP contribution in [0.2, 0.25) is 0 Å². The third-order valence-electron chi connectivity index (χ3n) is 15.9. The Kier molecular flexibility index (Phi) is 10.8. The number of para-hydroxylation sites is 1. The van der Waals surface area contributed by atoms with Gasteiger partial charge in [-0.25, -0.2) is 4.85 Å². The normalized spacial score (nSPS) is 15.4. The minimum atomic E-state index is -0.983. The summed E-state index contributed by atoms with van der Waals surface area (Å²) >= 11 is 0. The summed E-state index contributed by atoms with van der Waals surface area (Å²) in [5, 5.41) is 0. The van der Waals surface area contributed by atoms with Crippen LogP contribution in [0, 0.1) is 6.57 Å². The second-order valence-corrected chi connectivity index (χ2v) is 19.3. The van der Waals surface area contributed by atoms with Gasteiger partial charge in [0.15, 0.2) is 0 Å². The first-order valence-electron chi connectivity index (χ1n) is 25.5. The SMILES string of the molecule is [C-]#[N+]c1c(N2C(c3ccccc3)(c3ccccc3)c3ccccc3C2(c2ccccc2)c2ccccc2)cccc1N1C(c2ccccc2)(c2ccccc2)c2ccccc2C1(c1ccccc1)c1ccccc1. The number of anilines is 2. The van der Waals surface area contributed by atoms with E-state index in [1.807, 2.05) is 0 Å². The van der Waals surface area contributed by atoms with Gasteiger partial charge in [0.2, 0.25) is 5.69 Å². The van der Waals surface area contributed by atoms with Crippen molar-refractivity contribution in [3.05, 3.63) is 388 Å². The van der Waals surface area contributed by atoms with Crippen LogP contribution in [-0.4, -0.2) is 0 Å². The minimum absolute atomic E-state index is 0.535. The summed E-state index contributed by atoms with van der Waals surface area (Å²) in [5.41, 5.74) is 11.5. The number of hydrogen-bond acceptors (Lipinski definition) is 2. The molecule has 2 heterocycles. The highest BCUT2D eigenvalue weighted by atomic mass is 15.3. The van der Waals surface area contributed by atoms with Crippen LogP contribution in [0.5, 0.6) is 0 Å². The third kappa shape index (κ3) is 6.12. The summed E-state index contributed by atoms with van der Waals surface area (Å²) in [4.78, 5) is 10.2. The van der Waals surface area contributed by atoms with Gasteiger partial charge in [-0.3, -0.25) is 0 Å². The van der Waals surface area contributed by atoms with Crippen molar-refractivity contribution < 1.29 is 0 Å². The maximum atomic E-state index is 10.0. The van der Waals surface area contributed by atoms with E-state index in [2.05, 4.69) is 319 Å². The zero-order valence-corrected chi connectivity index (χ0v) is 40.8. The Morgan fingerprint density at radius 3 is 0.568 bits per heavy atom. The van der Waals surface area contributed by atoms with Crippen molar-refractivity contribution in [3.8, 4) is 0 Å². The number of hydrogen-bond donors (Lipinski definition) is 0. The molecule has 0 fully saturated rings. The average molecular weight is 946 g/mol. The molecule has 3 heteroatoms. The molecule has 0 aliphatic carbocycles. The molecule has 2 aliphatic heterocycles. The molecule has 3 nitrogen and oxygen atoms in total. The summed E-state index contributed by atoms with van der Waals surface area (Å²) in [5.74, 6) is 0. The van der Waals surface area contributed by atoms with Gasteiger partial charge in [-0.2, -0.15) is 0 Å². The van der Waals surface area contributed by atoms with E-state index in [9.17, 15) is 6.57 Å².